The van der Waals surface area contributed by atoms with E-state index in [1.807, 2.05) is 0 Å². The summed E-state index contributed by atoms with van der Waals surface area (Å²) in [5, 5.41) is 10.1. The van der Waals surface area contributed by atoms with Crippen molar-refractivity contribution in [3.8, 4) is 0 Å². The summed E-state index contributed by atoms with van der Waals surface area (Å²) in [6.45, 7) is 0. The number of halogens is 3. The number of aliphatic hydroxyl groups is 1. The van der Waals surface area contributed by atoms with Gasteiger partial charge in [-0.25, -0.2) is 8.78 Å². The van der Waals surface area contributed by atoms with Crippen molar-refractivity contribution in [2.45, 2.75) is 6.10 Å². The first-order valence-electron chi connectivity index (χ1n) is 5.17. The van der Waals surface area contributed by atoms with Gasteiger partial charge in [-0.15, -0.1) is 0 Å². The van der Waals surface area contributed by atoms with Crippen LogP contribution in [-0.2, 0) is 0 Å². The predicted molar refractivity (Wildman–Crippen MR) is 69.0 cm³/mol. The summed E-state index contributed by atoms with van der Waals surface area (Å²) in [7, 11) is 0. The highest BCUT2D eigenvalue weighted by Gasteiger charge is 2.18. The van der Waals surface area contributed by atoms with Crippen molar-refractivity contribution in [2.24, 2.45) is 0 Å². The van der Waals surface area contributed by atoms with E-state index >= 15 is 0 Å². The molecule has 0 fully saturated rings. The van der Waals surface area contributed by atoms with Crippen LogP contribution >= 0.6 is 15.9 Å². The lowest BCUT2D eigenvalue weighted by atomic mass is 9.99. The van der Waals surface area contributed by atoms with Crippen LogP contribution in [0, 0.1) is 11.6 Å². The molecule has 94 valence electrons. The standard InChI is InChI=1S/C13H10BrF2NO/c14-7-1-3-11(16)9(5-7)13(18)10-6-8(15)2-4-12(10)17/h1-6,13,18H,17H2. The van der Waals surface area contributed by atoms with E-state index in [-0.39, 0.29) is 16.8 Å². The Kier molecular flexibility index (Phi) is 3.63. The van der Waals surface area contributed by atoms with Crippen molar-refractivity contribution in [3.63, 3.8) is 0 Å². The average molecular weight is 314 g/mol. The number of hydrogen-bond donors (Lipinski definition) is 2. The minimum absolute atomic E-state index is 0.0432. The van der Waals surface area contributed by atoms with Gasteiger partial charge in [-0.2, -0.15) is 0 Å². The summed E-state index contributed by atoms with van der Waals surface area (Å²) in [4.78, 5) is 0. The van der Waals surface area contributed by atoms with E-state index in [1.54, 1.807) is 0 Å². The van der Waals surface area contributed by atoms with Crippen molar-refractivity contribution in [1.82, 2.24) is 0 Å². The SMILES string of the molecule is Nc1ccc(F)cc1C(O)c1cc(Br)ccc1F. The molecule has 0 amide bonds. The highest BCUT2D eigenvalue weighted by molar-refractivity contribution is 9.10. The number of benzene rings is 2. The smallest absolute Gasteiger partial charge is 0.129 e. The molecule has 2 aromatic rings. The summed E-state index contributed by atoms with van der Waals surface area (Å²) in [5.74, 6) is -1.11. The van der Waals surface area contributed by atoms with Gasteiger partial charge in [0, 0.05) is 21.3 Å². The molecule has 2 aromatic carbocycles. The molecule has 0 aromatic heterocycles. The van der Waals surface area contributed by atoms with Gasteiger partial charge in [0.05, 0.1) is 0 Å². The van der Waals surface area contributed by atoms with Crippen LogP contribution in [0.25, 0.3) is 0 Å². The van der Waals surface area contributed by atoms with E-state index in [4.69, 9.17) is 5.73 Å². The second-order valence-electron chi connectivity index (χ2n) is 3.84. The topological polar surface area (TPSA) is 46.2 Å². The maximum absolute atomic E-state index is 13.6. The molecule has 0 bridgehead atoms. The second-order valence-corrected chi connectivity index (χ2v) is 4.76. The van der Waals surface area contributed by atoms with E-state index < -0.39 is 17.7 Å². The third-order valence-corrected chi connectivity index (χ3v) is 3.09. The molecule has 18 heavy (non-hydrogen) atoms. The van der Waals surface area contributed by atoms with Gasteiger partial charge in [0.25, 0.3) is 0 Å². The van der Waals surface area contributed by atoms with Gasteiger partial charge in [0.1, 0.15) is 17.7 Å². The van der Waals surface area contributed by atoms with Crippen LogP contribution in [0.15, 0.2) is 40.9 Å². The molecule has 0 saturated carbocycles. The number of nitrogen functional groups attached to an aromatic ring is 1. The highest BCUT2D eigenvalue weighted by Crippen LogP contribution is 2.30. The third kappa shape index (κ3) is 2.52. The number of aliphatic hydroxyl groups excluding tert-OH is 1. The Morgan fingerprint density at radius 1 is 1.06 bits per heavy atom. The monoisotopic (exact) mass is 313 g/mol. The summed E-state index contributed by atoms with van der Waals surface area (Å²) in [6, 6.07) is 7.79. The lowest BCUT2D eigenvalue weighted by molar-refractivity contribution is 0.215. The molecule has 0 spiro atoms. The summed E-state index contributed by atoms with van der Waals surface area (Å²) in [5.41, 5.74) is 6.05. The zero-order valence-electron chi connectivity index (χ0n) is 9.20. The molecule has 1 unspecified atom stereocenters. The van der Waals surface area contributed by atoms with E-state index in [0.717, 1.165) is 6.07 Å². The van der Waals surface area contributed by atoms with Crippen molar-refractivity contribution in [3.05, 3.63) is 63.6 Å². The van der Waals surface area contributed by atoms with Crippen LogP contribution in [0.5, 0.6) is 0 Å². The third-order valence-electron chi connectivity index (χ3n) is 2.60. The number of nitrogens with two attached hydrogens (primary N) is 1. The quantitative estimate of drug-likeness (QED) is 0.835. The number of rotatable bonds is 2. The van der Waals surface area contributed by atoms with Crippen molar-refractivity contribution >= 4 is 21.6 Å². The Bertz CT molecular complexity index is 538. The fourth-order valence-corrected chi connectivity index (χ4v) is 2.05. The molecule has 0 aliphatic heterocycles. The van der Waals surface area contributed by atoms with E-state index in [2.05, 4.69) is 15.9 Å². The molecule has 2 nitrogen and oxygen atoms in total. The van der Waals surface area contributed by atoms with Crippen LogP contribution < -0.4 is 5.73 Å². The van der Waals surface area contributed by atoms with Crippen LogP contribution in [0.1, 0.15) is 17.2 Å². The lowest BCUT2D eigenvalue weighted by Crippen LogP contribution is -2.06. The minimum Gasteiger partial charge on any atom is -0.398 e. The normalized spacial score (nSPS) is 12.4. The molecule has 1 atom stereocenters. The fraction of sp³-hybridized carbons (Fsp3) is 0.0769. The van der Waals surface area contributed by atoms with Crippen LogP contribution in [0.3, 0.4) is 0 Å². The molecule has 0 radical (unpaired) electrons. The number of hydrogen-bond acceptors (Lipinski definition) is 2. The largest absolute Gasteiger partial charge is 0.398 e. The summed E-state index contributed by atoms with van der Waals surface area (Å²) >= 11 is 3.19. The predicted octanol–water partition coefficient (Wildman–Crippen LogP) is 3.39. The molecule has 0 heterocycles. The van der Waals surface area contributed by atoms with Gasteiger partial charge in [-0.1, -0.05) is 15.9 Å². The zero-order chi connectivity index (χ0) is 13.3. The van der Waals surface area contributed by atoms with Crippen molar-refractivity contribution < 1.29 is 13.9 Å². The molecule has 0 aliphatic carbocycles. The molecule has 3 N–H and O–H groups in total. The Hall–Kier alpha value is -1.46. The van der Waals surface area contributed by atoms with Gasteiger partial charge in [-0.05, 0) is 36.4 Å². The first-order chi connectivity index (χ1) is 8.49. The Balaban J connectivity index is 2.50. The van der Waals surface area contributed by atoms with Crippen LogP contribution in [0.2, 0.25) is 0 Å². The van der Waals surface area contributed by atoms with Crippen molar-refractivity contribution in [1.29, 1.82) is 0 Å². The Labute approximate surface area is 111 Å². The zero-order valence-corrected chi connectivity index (χ0v) is 10.8. The summed E-state index contributed by atoms with van der Waals surface area (Å²) < 4.78 is 27.4. The fourth-order valence-electron chi connectivity index (χ4n) is 1.67. The Morgan fingerprint density at radius 2 is 1.78 bits per heavy atom. The molecule has 5 heteroatoms. The maximum Gasteiger partial charge on any atom is 0.129 e. The molecule has 0 saturated heterocycles. The maximum atomic E-state index is 13.6. The first kappa shape index (κ1) is 13.0. The van der Waals surface area contributed by atoms with Gasteiger partial charge in [0.15, 0.2) is 0 Å². The number of anilines is 1. The van der Waals surface area contributed by atoms with Gasteiger partial charge < -0.3 is 10.8 Å². The molecular formula is C13H10BrF2NO. The molecule has 2 rings (SSSR count). The second kappa shape index (κ2) is 5.04. The van der Waals surface area contributed by atoms with Crippen LogP contribution in [0.4, 0.5) is 14.5 Å². The molecule has 0 aliphatic rings. The van der Waals surface area contributed by atoms with Gasteiger partial charge in [0.2, 0.25) is 0 Å². The van der Waals surface area contributed by atoms with Gasteiger partial charge >= 0.3 is 0 Å². The summed E-state index contributed by atoms with van der Waals surface area (Å²) in [6.07, 6.45) is -1.31. The molecular weight excluding hydrogens is 304 g/mol. The van der Waals surface area contributed by atoms with E-state index in [1.165, 1.54) is 30.3 Å². The highest BCUT2D eigenvalue weighted by atomic mass is 79.9. The van der Waals surface area contributed by atoms with Gasteiger partial charge in [-0.3, -0.25) is 0 Å². The first-order valence-corrected chi connectivity index (χ1v) is 5.96. The lowest BCUT2D eigenvalue weighted by Gasteiger charge is -2.15. The van der Waals surface area contributed by atoms with Crippen molar-refractivity contribution in [2.75, 3.05) is 5.73 Å². The van der Waals surface area contributed by atoms with Crippen LogP contribution in [-0.4, -0.2) is 5.11 Å². The van der Waals surface area contributed by atoms with E-state index in [0.29, 0.717) is 4.47 Å². The average Bonchev–Trinajstić information content (AvgIpc) is 2.34. The van der Waals surface area contributed by atoms with E-state index in [9.17, 15) is 13.9 Å². The minimum atomic E-state index is -1.31. The Morgan fingerprint density at radius 3 is 2.50 bits per heavy atom.